The van der Waals surface area contributed by atoms with E-state index in [0.717, 1.165) is 11.4 Å². The fourth-order valence-corrected chi connectivity index (χ4v) is 3.23. The summed E-state index contributed by atoms with van der Waals surface area (Å²) in [6, 6.07) is 7.80. The second-order valence-electron chi connectivity index (χ2n) is 6.00. The molecule has 142 valence electrons. The van der Waals surface area contributed by atoms with Crippen LogP contribution in [0.25, 0.3) is 5.78 Å². The van der Waals surface area contributed by atoms with Gasteiger partial charge in [0.25, 0.3) is 5.78 Å². The van der Waals surface area contributed by atoms with E-state index in [0.29, 0.717) is 28.2 Å². The van der Waals surface area contributed by atoms with Crippen LogP contribution < -0.4 is 11.1 Å². The highest BCUT2D eigenvalue weighted by molar-refractivity contribution is 7.98. The summed E-state index contributed by atoms with van der Waals surface area (Å²) in [6.07, 6.45) is 0. The highest BCUT2D eigenvalue weighted by Crippen LogP contribution is 2.20. The van der Waals surface area contributed by atoms with Crippen LogP contribution in [-0.2, 0) is 5.75 Å². The van der Waals surface area contributed by atoms with Gasteiger partial charge in [-0.2, -0.15) is 19.9 Å². The summed E-state index contributed by atoms with van der Waals surface area (Å²) in [6.45, 7) is 3.86. The van der Waals surface area contributed by atoms with Crippen LogP contribution in [0, 0.1) is 19.7 Å². The Morgan fingerprint density at radius 1 is 1.07 bits per heavy atom. The molecule has 0 amide bonds. The third-order valence-electron chi connectivity index (χ3n) is 3.73. The second-order valence-corrected chi connectivity index (χ2v) is 6.94. The zero-order valence-electron chi connectivity index (χ0n) is 15.1. The lowest BCUT2D eigenvalue weighted by Crippen LogP contribution is -2.06. The fourth-order valence-electron chi connectivity index (χ4n) is 2.56. The van der Waals surface area contributed by atoms with Crippen LogP contribution in [-0.4, -0.2) is 34.5 Å². The summed E-state index contributed by atoms with van der Waals surface area (Å²) in [4.78, 5) is 21.3. The van der Waals surface area contributed by atoms with Crippen molar-refractivity contribution in [3.63, 3.8) is 0 Å². The lowest BCUT2D eigenvalue weighted by Gasteiger charge is -2.06. The summed E-state index contributed by atoms with van der Waals surface area (Å²) in [5.41, 5.74) is 8.27. The molecule has 0 spiro atoms. The molecule has 0 saturated carbocycles. The molecule has 28 heavy (non-hydrogen) atoms. The number of nitrogens with zero attached hydrogens (tertiary/aromatic N) is 7. The van der Waals surface area contributed by atoms with Gasteiger partial charge in [0.15, 0.2) is 0 Å². The number of hydrogen-bond acceptors (Lipinski definition) is 9. The van der Waals surface area contributed by atoms with E-state index < -0.39 is 0 Å². The highest BCUT2D eigenvalue weighted by atomic mass is 32.2. The molecule has 9 nitrogen and oxygen atoms in total. The molecular formula is C17H16FN9S. The number of aromatic nitrogens is 7. The molecule has 4 aromatic rings. The van der Waals surface area contributed by atoms with Gasteiger partial charge in [-0.3, -0.25) is 0 Å². The number of rotatable bonds is 5. The van der Waals surface area contributed by atoms with Gasteiger partial charge in [-0.1, -0.05) is 11.8 Å². The van der Waals surface area contributed by atoms with Gasteiger partial charge in [0.2, 0.25) is 17.1 Å². The Morgan fingerprint density at radius 3 is 2.64 bits per heavy atom. The molecule has 3 heterocycles. The number of nitrogens with one attached hydrogen (secondary N) is 1. The second kappa shape index (κ2) is 7.35. The maximum atomic E-state index is 13.0. The van der Waals surface area contributed by atoms with Gasteiger partial charge in [-0.25, -0.2) is 13.9 Å². The molecule has 0 aliphatic rings. The van der Waals surface area contributed by atoms with E-state index >= 15 is 0 Å². The van der Waals surface area contributed by atoms with Crippen molar-refractivity contribution < 1.29 is 4.39 Å². The van der Waals surface area contributed by atoms with Gasteiger partial charge in [0.1, 0.15) is 11.6 Å². The van der Waals surface area contributed by atoms with Crippen molar-refractivity contribution in [3.8, 4) is 0 Å². The molecule has 11 heteroatoms. The summed E-state index contributed by atoms with van der Waals surface area (Å²) in [5.74, 6) is 1.48. The van der Waals surface area contributed by atoms with Crippen molar-refractivity contribution in [1.29, 1.82) is 0 Å². The predicted octanol–water partition coefficient (Wildman–Crippen LogP) is 2.68. The number of hydrogen-bond donors (Lipinski definition) is 2. The van der Waals surface area contributed by atoms with Gasteiger partial charge in [-0.15, -0.1) is 5.10 Å². The smallest absolute Gasteiger partial charge is 0.253 e. The van der Waals surface area contributed by atoms with Gasteiger partial charge >= 0.3 is 0 Å². The van der Waals surface area contributed by atoms with Gasteiger partial charge < -0.3 is 11.1 Å². The maximum Gasteiger partial charge on any atom is 0.253 e. The number of anilines is 3. The number of halogens is 1. The van der Waals surface area contributed by atoms with Crippen LogP contribution in [0.1, 0.15) is 17.2 Å². The summed E-state index contributed by atoms with van der Waals surface area (Å²) in [5, 5.41) is 7.99. The number of thioether (sulfide) groups is 1. The number of benzene rings is 1. The van der Waals surface area contributed by atoms with Crippen molar-refractivity contribution in [2.24, 2.45) is 0 Å². The van der Waals surface area contributed by atoms with E-state index in [1.54, 1.807) is 16.6 Å². The van der Waals surface area contributed by atoms with Crippen molar-refractivity contribution in [3.05, 3.63) is 53.4 Å². The minimum Gasteiger partial charge on any atom is -0.368 e. The third-order valence-corrected chi connectivity index (χ3v) is 4.56. The van der Waals surface area contributed by atoms with E-state index in [2.05, 4.69) is 35.3 Å². The molecule has 0 atom stereocenters. The van der Waals surface area contributed by atoms with E-state index in [-0.39, 0.29) is 17.7 Å². The predicted molar refractivity (Wildman–Crippen MR) is 104 cm³/mol. The first-order valence-corrected chi connectivity index (χ1v) is 9.32. The Morgan fingerprint density at radius 2 is 1.86 bits per heavy atom. The van der Waals surface area contributed by atoms with Gasteiger partial charge in [0, 0.05) is 17.1 Å². The Bertz CT molecular complexity index is 1140. The molecule has 3 aromatic heterocycles. The van der Waals surface area contributed by atoms with E-state index in [9.17, 15) is 4.39 Å². The Kier molecular flexibility index (Phi) is 4.74. The molecule has 0 aliphatic carbocycles. The number of aryl methyl sites for hydroxylation is 2. The summed E-state index contributed by atoms with van der Waals surface area (Å²) >= 11 is 1.37. The minimum atomic E-state index is -0.322. The SMILES string of the molecule is Cc1cc(C)n2nc(SCc3nc(N)nc(Nc4ccc(F)cc4)n3)nc2n1. The highest BCUT2D eigenvalue weighted by Gasteiger charge is 2.11. The fraction of sp³-hybridized carbons (Fsp3) is 0.176. The minimum absolute atomic E-state index is 0.0892. The number of fused-ring (bicyclic) bond motifs is 1. The summed E-state index contributed by atoms with van der Waals surface area (Å²) < 4.78 is 14.7. The average molecular weight is 397 g/mol. The molecule has 0 bridgehead atoms. The number of nitrogens with two attached hydrogens (primary N) is 1. The maximum absolute atomic E-state index is 13.0. The van der Waals surface area contributed by atoms with E-state index in [1.807, 2.05) is 19.9 Å². The van der Waals surface area contributed by atoms with E-state index in [4.69, 9.17) is 5.73 Å². The lowest BCUT2D eigenvalue weighted by molar-refractivity contribution is 0.628. The van der Waals surface area contributed by atoms with Crippen molar-refractivity contribution in [2.45, 2.75) is 24.8 Å². The van der Waals surface area contributed by atoms with Gasteiger partial charge in [-0.05, 0) is 44.2 Å². The Hall–Kier alpha value is -3.34. The molecule has 3 N–H and O–H groups in total. The lowest BCUT2D eigenvalue weighted by atomic mass is 10.3. The topological polar surface area (TPSA) is 120 Å². The quantitative estimate of drug-likeness (QED) is 0.490. The molecule has 4 rings (SSSR count). The van der Waals surface area contributed by atoms with Crippen LogP contribution >= 0.6 is 11.8 Å². The van der Waals surface area contributed by atoms with Crippen LogP contribution in [0.3, 0.4) is 0 Å². The Balaban J connectivity index is 1.51. The molecule has 0 unspecified atom stereocenters. The molecule has 0 radical (unpaired) electrons. The van der Waals surface area contributed by atoms with E-state index in [1.165, 1.54) is 23.9 Å². The zero-order valence-corrected chi connectivity index (χ0v) is 15.9. The van der Waals surface area contributed by atoms with Crippen molar-refractivity contribution in [2.75, 3.05) is 11.1 Å². The average Bonchev–Trinajstić information content (AvgIpc) is 3.05. The van der Waals surface area contributed by atoms with Crippen LogP contribution in [0.15, 0.2) is 35.5 Å². The third kappa shape index (κ3) is 3.98. The molecule has 1 aromatic carbocycles. The molecular weight excluding hydrogens is 381 g/mol. The Labute approximate surface area is 163 Å². The van der Waals surface area contributed by atoms with Crippen LogP contribution in [0.4, 0.5) is 22.0 Å². The van der Waals surface area contributed by atoms with Gasteiger partial charge in [0.05, 0.1) is 5.75 Å². The first kappa shape index (κ1) is 18.0. The van der Waals surface area contributed by atoms with Crippen molar-refractivity contribution >= 4 is 35.1 Å². The molecule has 0 aliphatic heterocycles. The van der Waals surface area contributed by atoms with Crippen molar-refractivity contribution in [1.82, 2.24) is 34.5 Å². The van der Waals surface area contributed by atoms with Crippen LogP contribution in [0.5, 0.6) is 0 Å². The molecule has 0 fully saturated rings. The number of nitrogen functional groups attached to an aromatic ring is 1. The first-order valence-electron chi connectivity index (χ1n) is 8.33. The zero-order chi connectivity index (χ0) is 19.7. The monoisotopic (exact) mass is 397 g/mol. The standard InChI is InChI=1S/C17H16FN9S/c1-9-7-10(2)27-16(20-9)25-17(26-27)28-8-13-22-14(19)24-15(23-13)21-12-5-3-11(18)4-6-12/h3-7H,8H2,1-2H3,(H3,19,21,22,23,24). The van der Waals surface area contributed by atoms with Crippen LogP contribution in [0.2, 0.25) is 0 Å². The first-order chi connectivity index (χ1) is 13.5. The largest absolute Gasteiger partial charge is 0.368 e. The normalized spacial score (nSPS) is 11.1. The summed E-state index contributed by atoms with van der Waals surface area (Å²) in [7, 11) is 0. The molecule has 0 saturated heterocycles.